The van der Waals surface area contributed by atoms with E-state index >= 15 is 0 Å². The van der Waals surface area contributed by atoms with Gasteiger partial charge in [-0.2, -0.15) is 0 Å². The maximum Gasteiger partial charge on any atom is 0.117 e. The van der Waals surface area contributed by atoms with Gasteiger partial charge >= 0.3 is 0 Å². The van der Waals surface area contributed by atoms with E-state index < -0.39 is 5.47 Å². The molecule has 0 aromatic carbocycles. The molecule has 2 rings (SSSR count). The van der Waals surface area contributed by atoms with Crippen molar-refractivity contribution >= 4 is 28.7 Å². The highest BCUT2D eigenvalue weighted by Crippen LogP contribution is 2.72. The van der Waals surface area contributed by atoms with Crippen LogP contribution in [0.15, 0.2) is 12.2 Å². The van der Waals surface area contributed by atoms with Gasteiger partial charge < -0.3 is 4.52 Å². The van der Waals surface area contributed by atoms with Crippen LogP contribution in [-0.4, -0.2) is 17.5 Å². The average molecular weight is 262 g/mol. The van der Waals surface area contributed by atoms with E-state index in [2.05, 4.69) is 27.1 Å². The normalized spacial score (nSPS) is 50.1. The third-order valence-corrected chi connectivity index (χ3v) is 8.85. The molecule has 1 saturated carbocycles. The maximum atomic E-state index is 6.08. The van der Waals surface area contributed by atoms with Gasteiger partial charge in [0.25, 0.3) is 0 Å². The molecule has 15 heavy (non-hydrogen) atoms. The van der Waals surface area contributed by atoms with Gasteiger partial charge in [-0.3, -0.25) is 0 Å². The first-order valence-corrected chi connectivity index (χ1v) is 10.0. The quantitative estimate of drug-likeness (QED) is 0.518. The highest BCUT2D eigenvalue weighted by atomic mass is 32.9. The molecule has 2 fully saturated rings. The van der Waals surface area contributed by atoms with Gasteiger partial charge in [-0.05, 0) is 45.7 Å². The number of rotatable bonds is 1. The van der Waals surface area contributed by atoms with Gasteiger partial charge in [-0.15, -0.1) is 0 Å². The number of fused-ring (bicyclic) bond motifs is 1. The Kier molecular flexibility index (Phi) is 3.14. The first kappa shape index (κ1) is 12.2. The molecular weight excluding hydrogens is 243 g/mol. The second-order valence-electron chi connectivity index (χ2n) is 5.09. The summed E-state index contributed by atoms with van der Waals surface area (Å²) in [6.07, 6.45) is 3.99. The molecule has 0 spiro atoms. The molecule has 0 aromatic rings. The monoisotopic (exact) mass is 262 g/mol. The zero-order valence-electron chi connectivity index (χ0n) is 9.66. The lowest BCUT2D eigenvalue weighted by Crippen LogP contribution is -2.39. The summed E-state index contributed by atoms with van der Waals surface area (Å²) in [7, 11) is 0. The van der Waals surface area contributed by atoms with E-state index in [9.17, 15) is 0 Å². The van der Waals surface area contributed by atoms with Crippen LogP contribution in [0.4, 0.5) is 0 Å². The van der Waals surface area contributed by atoms with Gasteiger partial charge in [0.05, 0.1) is 6.10 Å². The predicted octanol–water partition coefficient (Wildman–Crippen LogP) is 4.19. The minimum atomic E-state index is -1.55. The molecule has 1 nitrogen and oxygen atoms in total. The van der Waals surface area contributed by atoms with Crippen LogP contribution < -0.4 is 0 Å². The summed E-state index contributed by atoms with van der Waals surface area (Å²) in [5, 5.41) is 0. The fourth-order valence-corrected chi connectivity index (χ4v) is 9.89. The van der Waals surface area contributed by atoms with Crippen LogP contribution >= 0.6 is 16.8 Å². The molecule has 1 saturated heterocycles. The lowest BCUT2D eigenvalue weighted by atomic mass is 9.77. The van der Waals surface area contributed by atoms with Gasteiger partial charge in [-0.1, -0.05) is 35.3 Å². The minimum absolute atomic E-state index is 0.288. The summed E-state index contributed by atoms with van der Waals surface area (Å²) in [5.41, 5.74) is -0.243. The Morgan fingerprint density at radius 3 is 2.93 bits per heavy atom. The molecule has 1 aliphatic heterocycles. The molecule has 0 unspecified atom stereocenters. The van der Waals surface area contributed by atoms with Crippen molar-refractivity contribution in [2.45, 2.75) is 44.0 Å². The molecule has 4 atom stereocenters. The second kappa shape index (κ2) is 3.87. The van der Waals surface area contributed by atoms with Crippen molar-refractivity contribution in [1.29, 1.82) is 0 Å². The van der Waals surface area contributed by atoms with E-state index in [1.807, 2.05) is 11.4 Å². The molecule has 4 heteroatoms. The summed E-state index contributed by atoms with van der Waals surface area (Å²) < 4.78 is 6.37. The van der Waals surface area contributed by atoms with Gasteiger partial charge in [-0.25, -0.2) is 0 Å². The molecule has 0 radical (unpaired) electrons. The molecule has 0 N–H and O–H groups in total. The average Bonchev–Trinajstić information content (AvgIpc) is 2.31. The predicted molar refractivity (Wildman–Crippen MR) is 73.2 cm³/mol. The van der Waals surface area contributed by atoms with Crippen LogP contribution in [0.2, 0.25) is 0 Å². The van der Waals surface area contributed by atoms with Crippen molar-refractivity contribution in [3.8, 4) is 0 Å². The molecule has 1 heterocycles. The molecule has 1 aliphatic carbocycles. The standard InChI is InChI=1S/C11H19OPS2/c1-8(2)9-5-6-11(3)10(7-9)12-13(4,14)15-11/h9-10H,1,5-7H2,2-4H3/t9-,10+,11+,13-/m1/s1. The van der Waals surface area contributed by atoms with Crippen LogP contribution in [0.25, 0.3) is 0 Å². The summed E-state index contributed by atoms with van der Waals surface area (Å²) in [6.45, 7) is 10.7. The van der Waals surface area contributed by atoms with Crippen LogP contribution in [0.1, 0.15) is 33.1 Å². The highest BCUT2D eigenvalue weighted by Gasteiger charge is 2.50. The summed E-state index contributed by atoms with van der Waals surface area (Å²) >= 11 is 7.47. The zero-order chi connectivity index (χ0) is 11.3. The maximum absolute atomic E-state index is 6.08. The van der Waals surface area contributed by atoms with Crippen LogP contribution in [0, 0.1) is 5.92 Å². The number of hydrogen-bond acceptors (Lipinski definition) is 3. The van der Waals surface area contributed by atoms with E-state index in [1.165, 1.54) is 18.4 Å². The Labute approximate surface area is 102 Å². The van der Waals surface area contributed by atoms with E-state index in [0.717, 1.165) is 6.42 Å². The first-order valence-electron chi connectivity index (χ1n) is 5.44. The number of hydrogen-bond donors (Lipinski definition) is 0. The highest BCUT2D eigenvalue weighted by molar-refractivity contribution is 8.70. The SMILES string of the molecule is C=C(C)[C@@H]1CC[C@]2(C)S[P@@](C)(=S)O[C@H]2C1. The largest absolute Gasteiger partial charge is 0.337 e. The van der Waals surface area contributed by atoms with Gasteiger partial charge in [0.15, 0.2) is 0 Å². The van der Waals surface area contributed by atoms with Gasteiger partial charge in [0.1, 0.15) is 5.47 Å². The van der Waals surface area contributed by atoms with E-state index in [0.29, 0.717) is 12.0 Å². The Balaban J connectivity index is 2.16. The third kappa shape index (κ3) is 2.36. The zero-order valence-corrected chi connectivity index (χ0v) is 12.2. The molecule has 0 aromatic heterocycles. The second-order valence-corrected chi connectivity index (χ2v) is 13.4. The van der Waals surface area contributed by atoms with Gasteiger partial charge in [0.2, 0.25) is 0 Å². The fraction of sp³-hybridized carbons (Fsp3) is 0.818. The van der Waals surface area contributed by atoms with E-state index in [-0.39, 0.29) is 4.75 Å². The summed E-state index contributed by atoms with van der Waals surface area (Å²) in [6, 6.07) is 0. The van der Waals surface area contributed by atoms with Gasteiger partial charge in [0, 0.05) is 4.75 Å². The topological polar surface area (TPSA) is 9.23 Å². The molecule has 86 valence electrons. The molecular formula is C11H19OPS2. The molecule has 2 aliphatic rings. The first-order chi connectivity index (χ1) is 6.82. The lowest BCUT2D eigenvalue weighted by Gasteiger charge is -2.37. The Morgan fingerprint density at radius 1 is 1.67 bits per heavy atom. The smallest absolute Gasteiger partial charge is 0.117 e. The van der Waals surface area contributed by atoms with Crippen molar-refractivity contribution in [3.63, 3.8) is 0 Å². The fourth-order valence-electron chi connectivity index (χ4n) is 2.59. The van der Waals surface area contributed by atoms with Crippen molar-refractivity contribution in [3.05, 3.63) is 12.2 Å². The van der Waals surface area contributed by atoms with Crippen LogP contribution in [0.3, 0.4) is 0 Å². The summed E-state index contributed by atoms with van der Waals surface area (Å²) in [4.78, 5) is 0. The van der Waals surface area contributed by atoms with Crippen LogP contribution in [-0.2, 0) is 16.3 Å². The van der Waals surface area contributed by atoms with Crippen molar-refractivity contribution in [2.24, 2.45) is 5.92 Å². The van der Waals surface area contributed by atoms with Crippen molar-refractivity contribution in [1.82, 2.24) is 0 Å². The Morgan fingerprint density at radius 2 is 2.33 bits per heavy atom. The Hall–Kier alpha value is 0.700. The van der Waals surface area contributed by atoms with E-state index in [1.54, 1.807) is 0 Å². The van der Waals surface area contributed by atoms with Crippen molar-refractivity contribution in [2.75, 3.05) is 6.66 Å². The van der Waals surface area contributed by atoms with Crippen molar-refractivity contribution < 1.29 is 4.52 Å². The lowest BCUT2D eigenvalue weighted by molar-refractivity contribution is 0.127. The number of allylic oxidation sites excluding steroid dienone is 1. The molecule has 0 amide bonds. The van der Waals surface area contributed by atoms with Crippen LogP contribution in [0.5, 0.6) is 0 Å². The Bertz CT molecular complexity index is 341. The summed E-state index contributed by atoms with van der Waals surface area (Å²) in [5.74, 6) is 0.650. The van der Waals surface area contributed by atoms with E-state index in [4.69, 9.17) is 16.3 Å². The minimum Gasteiger partial charge on any atom is -0.337 e. The molecule has 0 bridgehead atoms. The third-order valence-electron chi connectivity index (χ3n) is 3.56.